The maximum absolute atomic E-state index is 12.8. The Labute approximate surface area is 204 Å². The summed E-state index contributed by atoms with van der Waals surface area (Å²) in [6.07, 6.45) is 2.16. The molecule has 2 aliphatic heterocycles. The zero-order chi connectivity index (χ0) is 23.7. The number of fused-ring (bicyclic) bond motifs is 1. The Bertz CT molecular complexity index is 1210. The Morgan fingerprint density at radius 2 is 1.71 bits per heavy atom. The minimum atomic E-state index is -0.134. The number of para-hydroxylation sites is 1. The van der Waals surface area contributed by atoms with Crippen molar-refractivity contribution in [2.45, 2.75) is 19.4 Å². The number of piperazine rings is 1. The third kappa shape index (κ3) is 4.60. The lowest BCUT2D eigenvalue weighted by molar-refractivity contribution is 0.0793. The normalized spacial score (nSPS) is 16.9. The molecular formula is C25H29ClN6O2. The fourth-order valence-corrected chi connectivity index (χ4v) is 4.88. The monoisotopic (exact) mass is 480 g/mol. The lowest BCUT2D eigenvalue weighted by Gasteiger charge is -2.34. The lowest BCUT2D eigenvalue weighted by Crippen LogP contribution is -2.49. The number of likely N-dealkylation sites (tertiary alicyclic amines) is 1. The van der Waals surface area contributed by atoms with Crippen molar-refractivity contribution in [1.82, 2.24) is 24.3 Å². The summed E-state index contributed by atoms with van der Waals surface area (Å²) in [6, 6.07) is 12.9. The first-order chi connectivity index (χ1) is 16.5. The number of anilines is 1. The highest BCUT2D eigenvalue weighted by atomic mass is 35.5. The topological polar surface area (TPSA) is 73.7 Å². The van der Waals surface area contributed by atoms with E-state index in [9.17, 15) is 9.59 Å². The minimum absolute atomic E-state index is 0.0952. The number of nitrogens with zero attached hydrogens (tertiary/aromatic N) is 5. The number of carbonyl (C=O) groups is 2. The average molecular weight is 481 g/mol. The van der Waals surface area contributed by atoms with Crippen LogP contribution in [0.15, 0.2) is 42.5 Å². The van der Waals surface area contributed by atoms with Gasteiger partial charge in [-0.1, -0.05) is 23.7 Å². The van der Waals surface area contributed by atoms with Crippen LogP contribution in [0.4, 0.5) is 10.5 Å². The van der Waals surface area contributed by atoms with Crippen molar-refractivity contribution in [3.8, 4) is 0 Å². The van der Waals surface area contributed by atoms with Crippen molar-refractivity contribution in [1.29, 1.82) is 0 Å². The second-order valence-electron chi connectivity index (χ2n) is 8.96. The first-order valence-electron chi connectivity index (χ1n) is 11.8. The van der Waals surface area contributed by atoms with Crippen LogP contribution < -0.4 is 5.32 Å². The molecule has 2 aliphatic rings. The molecule has 1 aromatic heterocycles. The van der Waals surface area contributed by atoms with Crippen molar-refractivity contribution < 1.29 is 9.59 Å². The van der Waals surface area contributed by atoms with E-state index in [4.69, 9.17) is 16.6 Å². The van der Waals surface area contributed by atoms with Crippen molar-refractivity contribution >= 4 is 40.3 Å². The molecule has 8 nitrogen and oxygen atoms in total. The summed E-state index contributed by atoms with van der Waals surface area (Å²) in [4.78, 5) is 36.3. The molecule has 178 valence electrons. The van der Waals surface area contributed by atoms with Gasteiger partial charge in [0.1, 0.15) is 5.82 Å². The number of imidazole rings is 1. The number of halogens is 1. The van der Waals surface area contributed by atoms with Crippen LogP contribution in [0.5, 0.6) is 0 Å². The number of rotatable bonds is 4. The summed E-state index contributed by atoms with van der Waals surface area (Å²) in [5.74, 6) is 1.05. The molecule has 3 heterocycles. The first kappa shape index (κ1) is 22.7. The molecule has 5 rings (SSSR count). The molecule has 0 aliphatic carbocycles. The number of aromatic nitrogens is 2. The molecule has 0 saturated carbocycles. The number of aryl methyl sites for hydroxylation is 1. The van der Waals surface area contributed by atoms with Crippen LogP contribution in [-0.4, -0.2) is 75.5 Å². The predicted molar refractivity (Wildman–Crippen MR) is 133 cm³/mol. The summed E-state index contributed by atoms with van der Waals surface area (Å²) >= 11 is 6.16. The third-order valence-electron chi connectivity index (χ3n) is 6.75. The van der Waals surface area contributed by atoms with Gasteiger partial charge in [0.05, 0.1) is 28.3 Å². The van der Waals surface area contributed by atoms with Gasteiger partial charge in [-0.2, -0.15) is 0 Å². The molecule has 0 atom stereocenters. The highest BCUT2D eigenvalue weighted by Crippen LogP contribution is 2.22. The minimum Gasteiger partial charge on any atom is -0.339 e. The summed E-state index contributed by atoms with van der Waals surface area (Å²) < 4.78 is 2.09. The van der Waals surface area contributed by atoms with Gasteiger partial charge in [0.25, 0.3) is 5.91 Å². The number of amides is 3. The number of hydrogen-bond donors (Lipinski definition) is 1. The van der Waals surface area contributed by atoms with Gasteiger partial charge in [0, 0.05) is 51.9 Å². The van der Waals surface area contributed by atoms with Crippen LogP contribution in [0.2, 0.25) is 5.02 Å². The highest BCUT2D eigenvalue weighted by Gasteiger charge is 2.24. The van der Waals surface area contributed by atoms with E-state index in [1.165, 1.54) is 0 Å². The van der Waals surface area contributed by atoms with Crippen LogP contribution in [0, 0.1) is 0 Å². The van der Waals surface area contributed by atoms with E-state index in [0.717, 1.165) is 55.9 Å². The predicted octanol–water partition coefficient (Wildman–Crippen LogP) is 3.81. The van der Waals surface area contributed by atoms with Crippen molar-refractivity contribution in [3.05, 3.63) is 58.9 Å². The van der Waals surface area contributed by atoms with E-state index in [-0.39, 0.29) is 11.9 Å². The van der Waals surface area contributed by atoms with E-state index >= 15 is 0 Å². The molecule has 0 unspecified atom stereocenters. The number of carbonyl (C=O) groups excluding carboxylic acids is 2. The van der Waals surface area contributed by atoms with Gasteiger partial charge in [-0.15, -0.1) is 0 Å². The number of nitrogens with one attached hydrogen (secondary N) is 1. The van der Waals surface area contributed by atoms with Crippen LogP contribution in [0.1, 0.15) is 29.0 Å². The molecule has 3 amide bonds. The van der Waals surface area contributed by atoms with E-state index in [1.807, 2.05) is 47.2 Å². The van der Waals surface area contributed by atoms with Crippen molar-refractivity contribution in [2.24, 2.45) is 7.05 Å². The zero-order valence-corrected chi connectivity index (χ0v) is 20.1. The van der Waals surface area contributed by atoms with Gasteiger partial charge < -0.3 is 19.7 Å². The summed E-state index contributed by atoms with van der Waals surface area (Å²) in [6.45, 7) is 5.17. The molecule has 34 heavy (non-hydrogen) atoms. The number of hydrogen-bond acceptors (Lipinski definition) is 4. The van der Waals surface area contributed by atoms with E-state index in [2.05, 4.69) is 14.8 Å². The zero-order valence-electron chi connectivity index (χ0n) is 19.3. The van der Waals surface area contributed by atoms with Gasteiger partial charge in [-0.3, -0.25) is 9.69 Å². The number of urea groups is 1. The second kappa shape index (κ2) is 9.64. The Hall–Kier alpha value is -3.10. The second-order valence-corrected chi connectivity index (χ2v) is 9.37. The molecule has 1 N–H and O–H groups in total. The van der Waals surface area contributed by atoms with Crippen molar-refractivity contribution in [2.75, 3.05) is 44.6 Å². The smallest absolute Gasteiger partial charge is 0.321 e. The van der Waals surface area contributed by atoms with Crippen LogP contribution in [0.25, 0.3) is 11.0 Å². The van der Waals surface area contributed by atoms with E-state index < -0.39 is 0 Å². The lowest BCUT2D eigenvalue weighted by atomic mass is 10.2. The molecule has 0 bridgehead atoms. The SMILES string of the molecule is Cn1c(CN2CCN(C(=O)Nc3ccccc3Cl)CC2)nc2cc(C(=O)N3CCCC3)ccc21. The summed E-state index contributed by atoms with van der Waals surface area (Å²) in [5, 5.41) is 3.42. The van der Waals surface area contributed by atoms with Crippen LogP contribution in [-0.2, 0) is 13.6 Å². The maximum Gasteiger partial charge on any atom is 0.321 e. The Morgan fingerprint density at radius 3 is 2.44 bits per heavy atom. The fraction of sp³-hybridized carbons (Fsp3) is 0.400. The van der Waals surface area contributed by atoms with Crippen molar-refractivity contribution in [3.63, 3.8) is 0 Å². The molecule has 9 heteroatoms. The Balaban J connectivity index is 1.21. The van der Waals surface area contributed by atoms with E-state index in [1.54, 1.807) is 12.1 Å². The summed E-state index contributed by atoms with van der Waals surface area (Å²) in [7, 11) is 2.01. The molecule has 2 aromatic carbocycles. The molecule has 3 aromatic rings. The standard InChI is InChI=1S/C25H29ClN6O2/c1-29-22-9-8-18(24(33)31-10-4-5-11-31)16-21(22)27-23(29)17-30-12-14-32(15-13-30)25(34)28-20-7-3-2-6-19(20)26/h2-3,6-9,16H,4-5,10-15,17H2,1H3,(H,28,34). The van der Waals surface area contributed by atoms with Gasteiger partial charge in [0.2, 0.25) is 0 Å². The molecule has 2 saturated heterocycles. The van der Waals surface area contributed by atoms with Crippen LogP contribution in [0.3, 0.4) is 0 Å². The quantitative estimate of drug-likeness (QED) is 0.616. The third-order valence-corrected chi connectivity index (χ3v) is 7.08. The first-order valence-corrected chi connectivity index (χ1v) is 12.1. The molecule has 0 spiro atoms. The molecule has 0 radical (unpaired) electrons. The fourth-order valence-electron chi connectivity index (χ4n) is 4.69. The van der Waals surface area contributed by atoms with Gasteiger partial charge in [-0.25, -0.2) is 9.78 Å². The average Bonchev–Trinajstić information content (AvgIpc) is 3.49. The Morgan fingerprint density at radius 1 is 0.971 bits per heavy atom. The van der Waals surface area contributed by atoms with Gasteiger partial charge in [-0.05, 0) is 43.2 Å². The van der Waals surface area contributed by atoms with Gasteiger partial charge in [0.15, 0.2) is 0 Å². The Kier molecular flexibility index (Phi) is 6.43. The van der Waals surface area contributed by atoms with Crippen LogP contribution >= 0.6 is 11.6 Å². The highest BCUT2D eigenvalue weighted by molar-refractivity contribution is 6.33. The largest absolute Gasteiger partial charge is 0.339 e. The van der Waals surface area contributed by atoms with E-state index in [0.29, 0.717) is 35.9 Å². The summed E-state index contributed by atoms with van der Waals surface area (Å²) in [5.41, 5.74) is 3.20. The molecular weight excluding hydrogens is 452 g/mol. The maximum atomic E-state index is 12.8. The van der Waals surface area contributed by atoms with Gasteiger partial charge >= 0.3 is 6.03 Å². The molecule has 2 fully saturated rings. The number of benzene rings is 2.